The van der Waals surface area contributed by atoms with Gasteiger partial charge < -0.3 is 19.9 Å². The summed E-state index contributed by atoms with van der Waals surface area (Å²) in [5.74, 6) is -1.22. The number of hydrogen-bond donors (Lipinski definition) is 1. The fraction of sp³-hybridized carbons (Fsp3) is 0.389. The Labute approximate surface area is 152 Å². The third kappa shape index (κ3) is 3.03. The second-order valence-electron chi connectivity index (χ2n) is 6.29. The van der Waals surface area contributed by atoms with Crippen LogP contribution in [0.4, 0.5) is 10.5 Å². The van der Waals surface area contributed by atoms with Crippen molar-refractivity contribution in [3.63, 3.8) is 0 Å². The molecule has 1 aromatic carbocycles. The Bertz CT molecular complexity index is 749. The van der Waals surface area contributed by atoms with Gasteiger partial charge in [0.15, 0.2) is 0 Å². The zero-order chi connectivity index (χ0) is 18.8. The number of imide groups is 1. The van der Waals surface area contributed by atoms with E-state index in [1.165, 1.54) is 11.9 Å². The van der Waals surface area contributed by atoms with Crippen LogP contribution < -0.4 is 5.32 Å². The highest BCUT2D eigenvalue weighted by Gasteiger charge is 2.50. The average Bonchev–Trinajstić information content (AvgIpc) is 3.03. The summed E-state index contributed by atoms with van der Waals surface area (Å²) in [5.41, 5.74) is 1.03. The first-order valence-electron chi connectivity index (χ1n) is 8.34. The van der Waals surface area contributed by atoms with Gasteiger partial charge in [-0.25, -0.2) is 4.79 Å². The normalized spacial score (nSPS) is 22.4. The molecule has 2 unspecified atom stereocenters. The van der Waals surface area contributed by atoms with Crippen molar-refractivity contribution in [2.24, 2.45) is 5.92 Å². The SMILES string of the molecule is COCCN1C(C(=O)Nc2ccccc2)=CC2C(=O)N(C)C(=O)N(C)C21. The van der Waals surface area contributed by atoms with E-state index >= 15 is 0 Å². The molecule has 2 heterocycles. The lowest BCUT2D eigenvalue weighted by molar-refractivity contribution is -0.137. The summed E-state index contributed by atoms with van der Waals surface area (Å²) >= 11 is 0. The van der Waals surface area contributed by atoms with Gasteiger partial charge in [-0.05, 0) is 18.2 Å². The van der Waals surface area contributed by atoms with Crippen LogP contribution >= 0.6 is 0 Å². The standard InChI is InChI=1S/C18H22N4O4/c1-20-16-13(17(24)21(2)18(20)25)11-14(22(16)9-10-26-3)15(23)19-12-7-5-4-6-8-12/h4-8,11,13,16H,9-10H2,1-3H3,(H,19,23). The molecule has 0 bridgehead atoms. The van der Waals surface area contributed by atoms with Gasteiger partial charge in [-0.15, -0.1) is 0 Å². The van der Waals surface area contributed by atoms with Gasteiger partial charge in [0.1, 0.15) is 11.9 Å². The Hall–Kier alpha value is -2.87. The molecule has 0 aromatic heterocycles. The molecular formula is C18H22N4O4. The van der Waals surface area contributed by atoms with E-state index in [4.69, 9.17) is 4.74 Å². The van der Waals surface area contributed by atoms with Crippen molar-refractivity contribution >= 4 is 23.5 Å². The summed E-state index contributed by atoms with van der Waals surface area (Å²) in [6, 6.07) is 8.69. The molecule has 1 aromatic rings. The van der Waals surface area contributed by atoms with E-state index in [9.17, 15) is 14.4 Å². The molecule has 0 saturated carbocycles. The summed E-state index contributed by atoms with van der Waals surface area (Å²) in [4.78, 5) is 42.0. The lowest BCUT2D eigenvalue weighted by Crippen LogP contribution is -2.62. The molecule has 0 spiro atoms. The zero-order valence-corrected chi connectivity index (χ0v) is 15.0. The van der Waals surface area contributed by atoms with Gasteiger partial charge in [0.2, 0.25) is 5.91 Å². The summed E-state index contributed by atoms with van der Waals surface area (Å²) in [7, 11) is 4.65. The number of carbonyl (C=O) groups excluding carboxylic acids is 3. The Morgan fingerprint density at radius 1 is 1.19 bits per heavy atom. The van der Waals surface area contributed by atoms with Gasteiger partial charge in [0, 0.05) is 33.4 Å². The maximum absolute atomic E-state index is 12.8. The first-order chi connectivity index (χ1) is 12.5. The van der Waals surface area contributed by atoms with E-state index in [0.29, 0.717) is 24.5 Å². The monoisotopic (exact) mass is 358 g/mol. The molecule has 1 fully saturated rings. The molecule has 138 valence electrons. The first kappa shape index (κ1) is 17.9. The second kappa shape index (κ2) is 7.17. The molecular weight excluding hydrogens is 336 g/mol. The van der Waals surface area contributed by atoms with Crippen LogP contribution in [0.3, 0.4) is 0 Å². The number of rotatable bonds is 5. The van der Waals surface area contributed by atoms with Crippen molar-refractivity contribution in [1.82, 2.24) is 14.7 Å². The minimum Gasteiger partial charge on any atom is -0.383 e. The largest absolute Gasteiger partial charge is 0.383 e. The fourth-order valence-electron chi connectivity index (χ4n) is 3.37. The zero-order valence-electron chi connectivity index (χ0n) is 15.0. The Morgan fingerprint density at radius 3 is 2.54 bits per heavy atom. The molecule has 8 nitrogen and oxygen atoms in total. The highest BCUT2D eigenvalue weighted by atomic mass is 16.5. The summed E-state index contributed by atoms with van der Waals surface area (Å²) in [5, 5.41) is 2.83. The van der Waals surface area contributed by atoms with Crippen LogP contribution in [0.1, 0.15) is 0 Å². The molecule has 1 saturated heterocycles. The van der Waals surface area contributed by atoms with E-state index in [2.05, 4.69) is 5.32 Å². The number of urea groups is 1. The molecule has 2 aliphatic heterocycles. The summed E-state index contributed by atoms with van der Waals surface area (Å²) < 4.78 is 5.14. The van der Waals surface area contributed by atoms with E-state index in [0.717, 1.165) is 4.90 Å². The first-order valence-corrected chi connectivity index (χ1v) is 8.34. The molecule has 26 heavy (non-hydrogen) atoms. The Morgan fingerprint density at radius 2 is 1.88 bits per heavy atom. The topological polar surface area (TPSA) is 82.2 Å². The third-order valence-corrected chi connectivity index (χ3v) is 4.69. The number of benzene rings is 1. The number of fused-ring (bicyclic) bond motifs is 1. The van der Waals surface area contributed by atoms with Crippen molar-refractivity contribution in [2.75, 3.05) is 39.7 Å². The molecule has 0 radical (unpaired) electrons. The van der Waals surface area contributed by atoms with Gasteiger partial charge in [0.25, 0.3) is 5.91 Å². The van der Waals surface area contributed by atoms with Crippen LogP contribution in [-0.4, -0.2) is 73.1 Å². The molecule has 8 heteroatoms. The predicted octanol–water partition coefficient (Wildman–Crippen LogP) is 0.937. The molecule has 3 rings (SSSR count). The Balaban J connectivity index is 1.90. The number of anilines is 1. The number of methoxy groups -OCH3 is 1. The van der Waals surface area contributed by atoms with Crippen LogP contribution in [0.5, 0.6) is 0 Å². The highest BCUT2D eigenvalue weighted by molar-refractivity contribution is 6.06. The minimum atomic E-state index is -0.587. The van der Waals surface area contributed by atoms with Crippen LogP contribution in [0, 0.1) is 5.92 Å². The smallest absolute Gasteiger partial charge is 0.327 e. The van der Waals surface area contributed by atoms with Crippen molar-refractivity contribution in [3.8, 4) is 0 Å². The van der Waals surface area contributed by atoms with Gasteiger partial charge in [-0.1, -0.05) is 18.2 Å². The predicted molar refractivity (Wildman–Crippen MR) is 94.9 cm³/mol. The molecule has 1 N–H and O–H groups in total. The van der Waals surface area contributed by atoms with E-state index in [1.807, 2.05) is 18.2 Å². The molecule has 2 aliphatic rings. The number of ether oxygens (including phenoxy) is 1. The molecule has 2 atom stereocenters. The van der Waals surface area contributed by atoms with Crippen LogP contribution in [0.15, 0.2) is 42.1 Å². The highest BCUT2D eigenvalue weighted by Crippen LogP contribution is 2.34. The van der Waals surface area contributed by atoms with Crippen LogP contribution in [0.2, 0.25) is 0 Å². The number of nitrogens with zero attached hydrogens (tertiary/aromatic N) is 3. The van der Waals surface area contributed by atoms with Gasteiger partial charge >= 0.3 is 6.03 Å². The molecule has 0 aliphatic carbocycles. The van der Waals surface area contributed by atoms with Crippen LogP contribution in [0.25, 0.3) is 0 Å². The number of amides is 4. The number of hydrogen-bond acceptors (Lipinski definition) is 5. The second-order valence-corrected chi connectivity index (χ2v) is 6.29. The van der Waals surface area contributed by atoms with Gasteiger partial charge in [-0.2, -0.15) is 0 Å². The third-order valence-electron chi connectivity index (χ3n) is 4.69. The summed E-state index contributed by atoms with van der Waals surface area (Å²) in [6.45, 7) is 0.756. The van der Waals surface area contributed by atoms with Crippen molar-refractivity contribution in [3.05, 3.63) is 42.1 Å². The van der Waals surface area contributed by atoms with Crippen LogP contribution in [-0.2, 0) is 14.3 Å². The van der Waals surface area contributed by atoms with Crippen molar-refractivity contribution < 1.29 is 19.1 Å². The molecule has 4 amide bonds. The fourth-order valence-corrected chi connectivity index (χ4v) is 3.37. The van der Waals surface area contributed by atoms with Crippen molar-refractivity contribution in [1.29, 1.82) is 0 Å². The number of carbonyl (C=O) groups is 3. The summed E-state index contributed by atoms with van der Waals surface area (Å²) in [6.07, 6.45) is 1.11. The maximum Gasteiger partial charge on any atom is 0.327 e. The number of nitrogens with one attached hydrogen (secondary N) is 1. The number of para-hydroxylation sites is 1. The van der Waals surface area contributed by atoms with E-state index in [-0.39, 0.29) is 11.8 Å². The maximum atomic E-state index is 12.8. The average molecular weight is 358 g/mol. The minimum absolute atomic E-state index is 0.317. The lowest BCUT2D eigenvalue weighted by atomic mass is 10.0. The quantitative estimate of drug-likeness (QED) is 0.847. The Kier molecular flexibility index (Phi) is 4.94. The van der Waals surface area contributed by atoms with E-state index < -0.39 is 18.1 Å². The van der Waals surface area contributed by atoms with Crippen molar-refractivity contribution in [2.45, 2.75) is 6.17 Å². The lowest BCUT2D eigenvalue weighted by Gasteiger charge is -2.43. The van der Waals surface area contributed by atoms with E-state index in [1.54, 1.807) is 37.3 Å². The van der Waals surface area contributed by atoms with Gasteiger partial charge in [-0.3, -0.25) is 14.5 Å². The van der Waals surface area contributed by atoms with Gasteiger partial charge in [0.05, 0.1) is 12.5 Å².